The van der Waals surface area contributed by atoms with Crippen molar-refractivity contribution >= 4 is 34.3 Å². The van der Waals surface area contributed by atoms with Crippen LogP contribution in [0.15, 0.2) is 81.2 Å². The number of ether oxygens (including phenoxy) is 2. The average Bonchev–Trinajstić information content (AvgIpc) is 3.39. The van der Waals surface area contributed by atoms with Crippen molar-refractivity contribution < 1.29 is 14.0 Å². The number of hydrogen-bond acceptors (Lipinski definition) is 8. The normalized spacial score (nSPS) is 11.1. The lowest BCUT2D eigenvalue weighted by atomic mass is 10.2. The molecule has 0 atom stereocenters. The molecule has 3 aromatic carbocycles. The van der Waals surface area contributed by atoms with Crippen molar-refractivity contribution in [2.75, 3.05) is 14.2 Å². The molecule has 0 unspecified atom stereocenters. The summed E-state index contributed by atoms with van der Waals surface area (Å²) in [4.78, 5) is 22.6. The number of para-hydroxylation sites is 1. The smallest absolute Gasteiger partial charge is 0.262 e. The highest BCUT2D eigenvalue weighted by Crippen LogP contribution is 2.29. The Morgan fingerprint density at radius 1 is 0.972 bits per heavy atom. The van der Waals surface area contributed by atoms with Crippen LogP contribution in [0, 0.1) is 0 Å². The Morgan fingerprint density at radius 2 is 1.69 bits per heavy atom. The fraction of sp³-hybridized carbons (Fsp3) is 0.154. The van der Waals surface area contributed by atoms with Gasteiger partial charge < -0.3 is 14.0 Å². The molecule has 0 fully saturated rings. The van der Waals surface area contributed by atoms with E-state index in [4.69, 9.17) is 30.6 Å². The highest BCUT2D eigenvalue weighted by Gasteiger charge is 2.16. The van der Waals surface area contributed by atoms with E-state index in [1.54, 1.807) is 49.1 Å². The van der Waals surface area contributed by atoms with E-state index < -0.39 is 0 Å². The van der Waals surface area contributed by atoms with Crippen molar-refractivity contribution in [3.8, 4) is 22.9 Å². The van der Waals surface area contributed by atoms with Gasteiger partial charge in [-0.2, -0.15) is 4.98 Å². The first-order chi connectivity index (χ1) is 17.6. The lowest BCUT2D eigenvalue weighted by Crippen LogP contribution is -2.24. The number of hydrogen-bond donors (Lipinski definition) is 0. The predicted octanol–water partition coefficient (Wildman–Crippen LogP) is 5.46. The molecule has 0 saturated carbocycles. The van der Waals surface area contributed by atoms with Crippen LogP contribution in [0.1, 0.15) is 11.5 Å². The standard InChI is InChI=1S/C26H21ClN4O4S/c1-33-18-11-17(12-19(13-18)34-2)24-29-23(35-30-24)15-36-26-28-22-10-6-4-8-20(22)25(32)31(26)14-16-7-3-5-9-21(16)27/h3-13H,14-15H2,1-2H3. The maximum absolute atomic E-state index is 13.4. The number of nitrogens with zero attached hydrogens (tertiary/aromatic N) is 4. The number of methoxy groups -OCH3 is 2. The summed E-state index contributed by atoms with van der Waals surface area (Å²) in [6.07, 6.45) is 0. The SMILES string of the molecule is COc1cc(OC)cc(-c2noc(CSc3nc4ccccc4c(=O)n3Cc3ccccc3Cl)n2)c1. The first-order valence-corrected chi connectivity index (χ1v) is 12.3. The molecular formula is C26H21ClN4O4S. The third-order valence-electron chi connectivity index (χ3n) is 5.52. The summed E-state index contributed by atoms with van der Waals surface area (Å²) in [5, 5.41) is 5.76. The van der Waals surface area contributed by atoms with E-state index >= 15 is 0 Å². The predicted molar refractivity (Wildman–Crippen MR) is 139 cm³/mol. The highest BCUT2D eigenvalue weighted by molar-refractivity contribution is 7.98. The Balaban J connectivity index is 1.46. The maximum Gasteiger partial charge on any atom is 0.262 e. The Bertz CT molecular complexity index is 1580. The number of fused-ring (bicyclic) bond motifs is 1. The molecule has 0 N–H and O–H groups in total. The van der Waals surface area contributed by atoms with Gasteiger partial charge in [0.15, 0.2) is 5.16 Å². The van der Waals surface area contributed by atoms with Crippen LogP contribution in [0.2, 0.25) is 5.02 Å². The number of halogens is 1. The van der Waals surface area contributed by atoms with Gasteiger partial charge in [-0.25, -0.2) is 4.98 Å². The second-order valence-corrected chi connectivity index (χ2v) is 9.15. The molecule has 0 aliphatic heterocycles. The molecule has 10 heteroatoms. The van der Waals surface area contributed by atoms with Gasteiger partial charge in [0.2, 0.25) is 11.7 Å². The van der Waals surface area contributed by atoms with Gasteiger partial charge in [-0.15, -0.1) is 0 Å². The van der Waals surface area contributed by atoms with Gasteiger partial charge in [0.25, 0.3) is 5.56 Å². The summed E-state index contributed by atoms with van der Waals surface area (Å²) in [7, 11) is 3.16. The van der Waals surface area contributed by atoms with Gasteiger partial charge in [0, 0.05) is 16.7 Å². The van der Waals surface area contributed by atoms with Crippen LogP contribution in [0.4, 0.5) is 0 Å². The maximum atomic E-state index is 13.4. The fourth-order valence-corrected chi connectivity index (χ4v) is 4.72. The Morgan fingerprint density at radius 3 is 2.44 bits per heavy atom. The lowest BCUT2D eigenvalue weighted by molar-refractivity contribution is 0.390. The molecule has 0 bridgehead atoms. The third-order valence-corrected chi connectivity index (χ3v) is 6.85. The van der Waals surface area contributed by atoms with Gasteiger partial charge in [-0.1, -0.05) is 58.9 Å². The summed E-state index contributed by atoms with van der Waals surface area (Å²) in [6, 6.07) is 20.1. The van der Waals surface area contributed by atoms with Gasteiger partial charge in [0.05, 0.1) is 37.4 Å². The first kappa shape index (κ1) is 23.9. The molecule has 0 aliphatic rings. The number of rotatable bonds is 8. The van der Waals surface area contributed by atoms with Gasteiger partial charge in [0.1, 0.15) is 11.5 Å². The van der Waals surface area contributed by atoms with Gasteiger partial charge >= 0.3 is 0 Å². The van der Waals surface area contributed by atoms with E-state index in [9.17, 15) is 4.79 Å². The molecule has 2 heterocycles. The Labute approximate surface area is 215 Å². The summed E-state index contributed by atoms with van der Waals surface area (Å²) >= 11 is 7.72. The van der Waals surface area contributed by atoms with Crippen LogP contribution in [0.5, 0.6) is 11.5 Å². The molecule has 182 valence electrons. The van der Waals surface area contributed by atoms with Crippen molar-refractivity contribution in [2.24, 2.45) is 0 Å². The van der Waals surface area contributed by atoms with Crippen LogP contribution in [0.25, 0.3) is 22.3 Å². The minimum atomic E-state index is -0.141. The summed E-state index contributed by atoms with van der Waals surface area (Å²) in [5.74, 6) is 2.36. The molecule has 36 heavy (non-hydrogen) atoms. The van der Waals surface area contributed by atoms with Crippen molar-refractivity contribution in [3.05, 3.63) is 93.6 Å². The zero-order valence-electron chi connectivity index (χ0n) is 19.5. The minimum absolute atomic E-state index is 0.141. The Kier molecular flexibility index (Phi) is 6.92. The van der Waals surface area contributed by atoms with Gasteiger partial charge in [-0.05, 0) is 35.9 Å². The van der Waals surface area contributed by atoms with Crippen molar-refractivity contribution in [1.82, 2.24) is 19.7 Å². The minimum Gasteiger partial charge on any atom is -0.497 e. The fourth-order valence-electron chi connectivity index (χ4n) is 3.69. The second kappa shape index (κ2) is 10.4. The van der Waals surface area contributed by atoms with E-state index in [2.05, 4.69) is 10.1 Å². The first-order valence-electron chi connectivity index (χ1n) is 11.0. The largest absolute Gasteiger partial charge is 0.497 e. The lowest BCUT2D eigenvalue weighted by Gasteiger charge is -2.13. The van der Waals surface area contributed by atoms with Crippen molar-refractivity contribution in [3.63, 3.8) is 0 Å². The van der Waals surface area contributed by atoms with E-state index in [-0.39, 0.29) is 12.1 Å². The van der Waals surface area contributed by atoms with Crippen LogP contribution in [-0.4, -0.2) is 33.9 Å². The highest BCUT2D eigenvalue weighted by atomic mass is 35.5. The van der Waals surface area contributed by atoms with Crippen LogP contribution in [0.3, 0.4) is 0 Å². The molecule has 0 saturated heterocycles. The Hall–Kier alpha value is -3.82. The molecule has 0 radical (unpaired) electrons. The molecule has 0 amide bonds. The third kappa shape index (κ3) is 4.93. The summed E-state index contributed by atoms with van der Waals surface area (Å²) < 4.78 is 17.8. The van der Waals surface area contributed by atoms with E-state index in [1.807, 2.05) is 36.4 Å². The van der Waals surface area contributed by atoms with E-state index in [0.717, 1.165) is 5.56 Å². The summed E-state index contributed by atoms with van der Waals surface area (Å²) in [6.45, 7) is 0.289. The zero-order chi connectivity index (χ0) is 25.1. The van der Waals surface area contributed by atoms with Crippen LogP contribution in [-0.2, 0) is 12.3 Å². The number of aromatic nitrogens is 4. The molecule has 0 aliphatic carbocycles. The van der Waals surface area contributed by atoms with Crippen molar-refractivity contribution in [1.29, 1.82) is 0 Å². The van der Waals surface area contributed by atoms with E-state index in [1.165, 1.54) is 11.8 Å². The topological polar surface area (TPSA) is 92.3 Å². The van der Waals surface area contributed by atoms with E-state index in [0.29, 0.717) is 55.6 Å². The van der Waals surface area contributed by atoms with Crippen molar-refractivity contribution in [2.45, 2.75) is 17.5 Å². The molecule has 0 spiro atoms. The van der Waals surface area contributed by atoms with Crippen LogP contribution < -0.4 is 15.0 Å². The number of thioether (sulfide) groups is 1. The summed E-state index contributed by atoms with van der Waals surface area (Å²) in [5.41, 5.74) is 2.01. The molecule has 2 aromatic heterocycles. The van der Waals surface area contributed by atoms with Crippen LogP contribution >= 0.6 is 23.4 Å². The molecule has 5 aromatic rings. The monoisotopic (exact) mass is 520 g/mol. The number of benzene rings is 3. The second-order valence-electron chi connectivity index (χ2n) is 7.80. The molecular weight excluding hydrogens is 500 g/mol. The molecule has 8 nitrogen and oxygen atoms in total. The quantitative estimate of drug-likeness (QED) is 0.197. The zero-order valence-corrected chi connectivity index (χ0v) is 21.0. The average molecular weight is 521 g/mol. The van der Waals surface area contributed by atoms with Gasteiger partial charge in [-0.3, -0.25) is 9.36 Å². The molecule has 5 rings (SSSR count).